The molecule has 94 valence electrons. The zero-order chi connectivity index (χ0) is 13.2. The lowest BCUT2D eigenvalue weighted by atomic mass is 9.95. The molecule has 0 aliphatic carbocycles. The summed E-state index contributed by atoms with van der Waals surface area (Å²) in [6.07, 6.45) is 0. The Morgan fingerprint density at radius 1 is 1.35 bits per heavy atom. The normalized spacial score (nSPS) is 14.5. The number of rotatable bonds is 3. The van der Waals surface area contributed by atoms with Crippen LogP contribution in [0.5, 0.6) is 0 Å². The van der Waals surface area contributed by atoms with E-state index in [9.17, 15) is 15.1 Å². The van der Waals surface area contributed by atoms with Gasteiger partial charge in [0.1, 0.15) is 0 Å². The predicted molar refractivity (Wildman–Crippen MR) is 64.8 cm³/mol. The average molecular weight is 258 g/mol. The van der Waals surface area contributed by atoms with E-state index in [0.29, 0.717) is 15.6 Å². The molecule has 1 amide bonds. The first-order chi connectivity index (χ1) is 7.76. The van der Waals surface area contributed by atoms with Crippen LogP contribution in [0.2, 0.25) is 5.02 Å². The number of amides is 1. The van der Waals surface area contributed by atoms with Crippen molar-refractivity contribution < 1.29 is 15.1 Å². The van der Waals surface area contributed by atoms with Crippen LogP contribution in [0.4, 0.5) is 0 Å². The van der Waals surface area contributed by atoms with Crippen LogP contribution in [0.25, 0.3) is 0 Å². The quantitative estimate of drug-likeness (QED) is 0.644. The maximum Gasteiger partial charge on any atom is 0.282 e. The monoisotopic (exact) mass is 257 g/mol. The second kappa shape index (κ2) is 5.04. The van der Waals surface area contributed by atoms with Crippen LogP contribution in [0, 0.1) is 0 Å². The number of benzene rings is 1. The van der Waals surface area contributed by atoms with E-state index in [1.807, 2.05) is 0 Å². The molecule has 4 nitrogen and oxygen atoms in total. The van der Waals surface area contributed by atoms with E-state index in [-0.39, 0.29) is 0 Å². The molecule has 0 radical (unpaired) electrons. The van der Waals surface area contributed by atoms with E-state index < -0.39 is 17.6 Å². The van der Waals surface area contributed by atoms with Gasteiger partial charge in [0.15, 0.2) is 5.60 Å². The fraction of sp³-hybridized carbons (Fsp3) is 0.417. The average Bonchev–Trinajstić information content (AvgIpc) is 2.27. The Bertz CT molecular complexity index is 401. The molecule has 2 N–H and O–H groups in total. The van der Waals surface area contributed by atoms with E-state index in [1.165, 1.54) is 6.92 Å². The van der Waals surface area contributed by atoms with Gasteiger partial charge in [0.25, 0.3) is 5.91 Å². The van der Waals surface area contributed by atoms with Gasteiger partial charge in [0.05, 0.1) is 6.04 Å². The van der Waals surface area contributed by atoms with Gasteiger partial charge in [-0.2, -0.15) is 0 Å². The van der Waals surface area contributed by atoms with Crippen LogP contribution in [0.1, 0.15) is 26.3 Å². The van der Waals surface area contributed by atoms with Crippen molar-refractivity contribution in [1.82, 2.24) is 5.06 Å². The molecule has 0 fully saturated rings. The number of aliphatic hydroxyl groups is 1. The van der Waals surface area contributed by atoms with Gasteiger partial charge in [0.2, 0.25) is 0 Å². The van der Waals surface area contributed by atoms with Crippen LogP contribution >= 0.6 is 11.6 Å². The number of hydroxylamine groups is 2. The van der Waals surface area contributed by atoms with Crippen molar-refractivity contribution in [3.8, 4) is 0 Å². The molecular formula is C12H16ClNO3. The lowest BCUT2D eigenvalue weighted by Gasteiger charge is -2.29. The molecule has 5 heteroatoms. The molecule has 1 rings (SSSR count). The van der Waals surface area contributed by atoms with Gasteiger partial charge in [-0.05, 0) is 38.5 Å². The van der Waals surface area contributed by atoms with Crippen molar-refractivity contribution in [3.05, 3.63) is 34.9 Å². The summed E-state index contributed by atoms with van der Waals surface area (Å²) in [6, 6.07) is 5.86. The predicted octanol–water partition coefficient (Wildman–Crippen LogP) is 2.17. The smallest absolute Gasteiger partial charge is 0.282 e. The molecule has 0 bridgehead atoms. The summed E-state index contributed by atoms with van der Waals surface area (Å²) in [5.41, 5.74) is -1.39. The molecule has 0 aliphatic heterocycles. The highest BCUT2D eigenvalue weighted by Gasteiger charge is 2.36. The van der Waals surface area contributed by atoms with Crippen molar-refractivity contribution in [2.75, 3.05) is 0 Å². The molecule has 0 aromatic heterocycles. The highest BCUT2D eigenvalue weighted by Crippen LogP contribution is 2.24. The molecule has 0 heterocycles. The summed E-state index contributed by atoms with van der Waals surface area (Å²) in [7, 11) is 0. The minimum absolute atomic E-state index is 0.381. The van der Waals surface area contributed by atoms with E-state index in [4.69, 9.17) is 11.6 Å². The molecule has 0 saturated heterocycles. The van der Waals surface area contributed by atoms with Crippen molar-refractivity contribution in [1.29, 1.82) is 0 Å². The largest absolute Gasteiger partial charge is 0.375 e. The summed E-state index contributed by atoms with van der Waals surface area (Å²) >= 11 is 5.73. The maximum atomic E-state index is 11.9. The summed E-state index contributed by atoms with van der Waals surface area (Å²) in [5.74, 6) is -0.769. The summed E-state index contributed by atoms with van der Waals surface area (Å²) < 4.78 is 0. The highest BCUT2D eigenvalue weighted by atomic mass is 35.5. The minimum Gasteiger partial charge on any atom is -0.375 e. The molecule has 0 spiro atoms. The van der Waals surface area contributed by atoms with Crippen LogP contribution in [-0.4, -0.2) is 27.3 Å². The van der Waals surface area contributed by atoms with Gasteiger partial charge in [-0.25, -0.2) is 5.06 Å². The highest BCUT2D eigenvalue weighted by molar-refractivity contribution is 6.30. The summed E-state index contributed by atoms with van der Waals surface area (Å²) in [5, 5.41) is 20.8. The Morgan fingerprint density at radius 2 is 1.82 bits per heavy atom. The van der Waals surface area contributed by atoms with Crippen molar-refractivity contribution in [3.63, 3.8) is 0 Å². The van der Waals surface area contributed by atoms with E-state index >= 15 is 0 Å². The summed E-state index contributed by atoms with van der Waals surface area (Å²) in [6.45, 7) is 4.63. The van der Waals surface area contributed by atoms with E-state index in [0.717, 1.165) is 0 Å². The fourth-order valence-corrected chi connectivity index (χ4v) is 1.48. The molecule has 1 atom stereocenters. The first kappa shape index (κ1) is 14.0. The van der Waals surface area contributed by atoms with E-state index in [2.05, 4.69) is 0 Å². The molecule has 1 aromatic rings. The lowest BCUT2D eigenvalue weighted by Crippen LogP contribution is -2.46. The van der Waals surface area contributed by atoms with Crippen LogP contribution in [0.15, 0.2) is 24.3 Å². The fourth-order valence-electron chi connectivity index (χ4n) is 1.36. The summed E-state index contributed by atoms with van der Waals surface area (Å²) in [4.78, 5) is 11.9. The van der Waals surface area contributed by atoms with Crippen molar-refractivity contribution in [2.24, 2.45) is 0 Å². The first-order valence-corrected chi connectivity index (χ1v) is 5.65. The topological polar surface area (TPSA) is 60.8 Å². The molecule has 1 aromatic carbocycles. The third-order valence-electron chi connectivity index (χ3n) is 2.52. The molecular weight excluding hydrogens is 242 g/mol. The Hall–Kier alpha value is -1.10. The van der Waals surface area contributed by atoms with Crippen molar-refractivity contribution in [2.45, 2.75) is 32.4 Å². The number of nitrogens with zero attached hydrogens (tertiary/aromatic N) is 1. The Morgan fingerprint density at radius 3 is 2.24 bits per heavy atom. The van der Waals surface area contributed by atoms with Crippen LogP contribution in [0.3, 0.4) is 0 Å². The SMILES string of the molecule is CC(C)N(O)C(=O)C(C)(O)c1ccc(Cl)cc1. The Balaban J connectivity index is 3.02. The van der Waals surface area contributed by atoms with Gasteiger partial charge in [-0.1, -0.05) is 23.7 Å². The number of carbonyl (C=O) groups is 1. The van der Waals surface area contributed by atoms with Crippen LogP contribution in [-0.2, 0) is 10.4 Å². The number of carbonyl (C=O) groups excluding carboxylic acids is 1. The van der Waals surface area contributed by atoms with Gasteiger partial charge in [-0.15, -0.1) is 0 Å². The zero-order valence-corrected chi connectivity index (χ0v) is 10.8. The molecule has 0 aliphatic rings. The first-order valence-electron chi connectivity index (χ1n) is 5.27. The number of hydrogen-bond acceptors (Lipinski definition) is 3. The third-order valence-corrected chi connectivity index (χ3v) is 2.77. The standard InChI is InChI=1S/C12H16ClNO3/c1-8(2)14(17)11(15)12(3,16)9-4-6-10(13)7-5-9/h4-8,16-17H,1-3H3. The van der Waals surface area contributed by atoms with E-state index in [1.54, 1.807) is 38.1 Å². The van der Waals surface area contributed by atoms with Gasteiger partial charge in [0, 0.05) is 5.02 Å². The van der Waals surface area contributed by atoms with Crippen molar-refractivity contribution >= 4 is 17.5 Å². The van der Waals surface area contributed by atoms with Gasteiger partial charge < -0.3 is 5.11 Å². The minimum atomic E-state index is -1.77. The maximum absolute atomic E-state index is 11.9. The Labute approximate surface area is 105 Å². The third kappa shape index (κ3) is 2.97. The van der Waals surface area contributed by atoms with Gasteiger partial charge in [-0.3, -0.25) is 10.0 Å². The number of halogens is 1. The van der Waals surface area contributed by atoms with Gasteiger partial charge >= 0.3 is 0 Å². The zero-order valence-electron chi connectivity index (χ0n) is 10.0. The number of hydrogen-bond donors (Lipinski definition) is 2. The lowest BCUT2D eigenvalue weighted by molar-refractivity contribution is -0.192. The van der Waals surface area contributed by atoms with Crippen LogP contribution < -0.4 is 0 Å². The Kier molecular flexibility index (Phi) is 4.14. The molecule has 17 heavy (non-hydrogen) atoms. The molecule has 0 saturated carbocycles. The second-order valence-electron chi connectivity index (χ2n) is 4.32. The molecule has 1 unspecified atom stereocenters. The second-order valence-corrected chi connectivity index (χ2v) is 4.76.